The zero-order valence-corrected chi connectivity index (χ0v) is 13.2. The van der Waals surface area contributed by atoms with Crippen molar-refractivity contribution < 1.29 is 4.79 Å². The third-order valence-corrected chi connectivity index (χ3v) is 3.65. The Balaban J connectivity index is 2.68. The molecule has 0 atom stereocenters. The summed E-state index contributed by atoms with van der Waals surface area (Å²) in [4.78, 5) is 18.4. The van der Waals surface area contributed by atoms with Crippen LogP contribution in [0.1, 0.15) is 51.0 Å². The van der Waals surface area contributed by atoms with Crippen LogP contribution in [0, 0.1) is 11.8 Å². The standard InChI is InChI=1S/C14H25N3OS/c1-10(2)5-7-17(8-6-11(3)4)13(18)12-9-19-14(15)16-12/h9-11H,5-8H2,1-4H3,(H2,15,16). The molecule has 1 rings (SSSR count). The van der Waals surface area contributed by atoms with E-state index < -0.39 is 0 Å². The second-order valence-corrected chi connectivity index (χ2v) is 6.62. The van der Waals surface area contributed by atoms with Gasteiger partial charge in [-0.1, -0.05) is 27.7 Å². The molecular weight excluding hydrogens is 258 g/mol. The Kier molecular flexibility index (Phi) is 6.28. The molecule has 1 amide bonds. The molecule has 1 aromatic heterocycles. The first-order chi connectivity index (χ1) is 8.90. The summed E-state index contributed by atoms with van der Waals surface area (Å²) >= 11 is 1.32. The monoisotopic (exact) mass is 283 g/mol. The van der Waals surface area contributed by atoms with Crippen molar-refractivity contribution in [2.45, 2.75) is 40.5 Å². The van der Waals surface area contributed by atoms with E-state index >= 15 is 0 Å². The lowest BCUT2D eigenvalue weighted by Crippen LogP contribution is -2.34. The summed E-state index contributed by atoms with van der Waals surface area (Å²) < 4.78 is 0. The number of hydrogen-bond donors (Lipinski definition) is 1. The van der Waals surface area contributed by atoms with Gasteiger partial charge in [0.25, 0.3) is 5.91 Å². The van der Waals surface area contributed by atoms with Gasteiger partial charge in [0.1, 0.15) is 5.69 Å². The van der Waals surface area contributed by atoms with Crippen molar-refractivity contribution in [1.29, 1.82) is 0 Å². The van der Waals surface area contributed by atoms with Crippen LogP contribution in [-0.4, -0.2) is 28.9 Å². The highest BCUT2D eigenvalue weighted by Crippen LogP contribution is 2.15. The van der Waals surface area contributed by atoms with Gasteiger partial charge in [0.15, 0.2) is 5.13 Å². The van der Waals surface area contributed by atoms with E-state index in [1.807, 2.05) is 4.90 Å². The fourth-order valence-electron chi connectivity index (χ4n) is 1.69. The molecule has 2 N–H and O–H groups in total. The molecule has 0 aromatic carbocycles. The van der Waals surface area contributed by atoms with Gasteiger partial charge in [0.05, 0.1) is 0 Å². The van der Waals surface area contributed by atoms with Gasteiger partial charge < -0.3 is 10.6 Å². The minimum Gasteiger partial charge on any atom is -0.375 e. The summed E-state index contributed by atoms with van der Waals surface area (Å²) in [5, 5.41) is 2.20. The molecule has 0 unspecified atom stereocenters. The van der Waals surface area contributed by atoms with Gasteiger partial charge >= 0.3 is 0 Å². The highest BCUT2D eigenvalue weighted by molar-refractivity contribution is 7.13. The number of nitrogens with two attached hydrogens (primary N) is 1. The van der Waals surface area contributed by atoms with Crippen LogP contribution in [0.25, 0.3) is 0 Å². The highest BCUT2D eigenvalue weighted by Gasteiger charge is 2.18. The summed E-state index contributed by atoms with van der Waals surface area (Å²) in [6.45, 7) is 10.3. The molecule has 0 aliphatic carbocycles. The van der Waals surface area contributed by atoms with Gasteiger partial charge in [0.2, 0.25) is 0 Å². The van der Waals surface area contributed by atoms with E-state index in [0.29, 0.717) is 22.7 Å². The van der Waals surface area contributed by atoms with E-state index in [4.69, 9.17) is 5.73 Å². The molecule has 0 saturated carbocycles. The molecular formula is C14H25N3OS. The van der Waals surface area contributed by atoms with E-state index in [1.54, 1.807) is 5.38 Å². The van der Waals surface area contributed by atoms with Gasteiger partial charge in [0, 0.05) is 18.5 Å². The lowest BCUT2D eigenvalue weighted by atomic mass is 10.1. The normalized spacial score (nSPS) is 11.3. The van der Waals surface area contributed by atoms with Crippen LogP contribution >= 0.6 is 11.3 Å². The van der Waals surface area contributed by atoms with Crippen molar-refractivity contribution in [2.75, 3.05) is 18.8 Å². The van der Waals surface area contributed by atoms with Crippen LogP contribution in [0.4, 0.5) is 5.13 Å². The summed E-state index contributed by atoms with van der Waals surface area (Å²) in [6.07, 6.45) is 2.03. The summed E-state index contributed by atoms with van der Waals surface area (Å²) in [5.41, 5.74) is 6.08. The predicted molar refractivity (Wildman–Crippen MR) is 81.3 cm³/mol. The maximum Gasteiger partial charge on any atom is 0.273 e. The van der Waals surface area contributed by atoms with Gasteiger partial charge in [-0.2, -0.15) is 0 Å². The number of amides is 1. The summed E-state index contributed by atoms with van der Waals surface area (Å²) in [6, 6.07) is 0. The van der Waals surface area contributed by atoms with Crippen LogP contribution in [0.3, 0.4) is 0 Å². The van der Waals surface area contributed by atoms with Crippen LogP contribution in [-0.2, 0) is 0 Å². The molecule has 0 bridgehead atoms. The highest BCUT2D eigenvalue weighted by atomic mass is 32.1. The maximum atomic E-state index is 12.4. The maximum absolute atomic E-state index is 12.4. The van der Waals surface area contributed by atoms with E-state index in [1.165, 1.54) is 11.3 Å². The van der Waals surface area contributed by atoms with E-state index in [-0.39, 0.29) is 5.91 Å². The molecule has 19 heavy (non-hydrogen) atoms. The lowest BCUT2D eigenvalue weighted by Gasteiger charge is -2.23. The molecule has 1 heterocycles. The second kappa shape index (κ2) is 7.48. The van der Waals surface area contributed by atoms with Crippen LogP contribution < -0.4 is 5.73 Å². The third-order valence-electron chi connectivity index (χ3n) is 2.98. The van der Waals surface area contributed by atoms with Crippen LogP contribution in [0.5, 0.6) is 0 Å². The molecule has 0 saturated heterocycles. The third kappa shape index (κ3) is 5.59. The number of rotatable bonds is 7. The Bertz CT molecular complexity index is 389. The van der Waals surface area contributed by atoms with E-state index in [9.17, 15) is 4.79 Å². The number of nitrogens with zero attached hydrogens (tertiary/aromatic N) is 2. The Labute approximate surface area is 120 Å². The number of hydrogen-bond acceptors (Lipinski definition) is 4. The van der Waals surface area contributed by atoms with Gasteiger partial charge in [-0.25, -0.2) is 4.98 Å². The number of carbonyl (C=O) groups is 1. The van der Waals surface area contributed by atoms with Gasteiger partial charge in [-0.05, 0) is 24.7 Å². The summed E-state index contributed by atoms with van der Waals surface area (Å²) in [5.74, 6) is 1.19. The SMILES string of the molecule is CC(C)CCN(CCC(C)C)C(=O)c1csc(N)n1. The first-order valence-corrected chi connectivity index (χ1v) is 7.78. The lowest BCUT2D eigenvalue weighted by molar-refractivity contribution is 0.0736. The molecule has 108 valence electrons. The minimum atomic E-state index is 0.00856. The Morgan fingerprint density at radius 3 is 2.16 bits per heavy atom. The van der Waals surface area contributed by atoms with Gasteiger partial charge in [-0.15, -0.1) is 11.3 Å². The van der Waals surface area contributed by atoms with Crippen LogP contribution in [0.2, 0.25) is 0 Å². The molecule has 4 nitrogen and oxygen atoms in total. The predicted octanol–water partition coefficient (Wildman–Crippen LogP) is 3.26. The number of anilines is 1. The number of nitrogen functional groups attached to an aromatic ring is 1. The zero-order valence-electron chi connectivity index (χ0n) is 12.3. The van der Waals surface area contributed by atoms with E-state index in [0.717, 1.165) is 25.9 Å². The van der Waals surface area contributed by atoms with Crippen molar-refractivity contribution >= 4 is 22.4 Å². The van der Waals surface area contributed by atoms with Crippen molar-refractivity contribution in [3.63, 3.8) is 0 Å². The number of aromatic nitrogens is 1. The molecule has 0 aliphatic heterocycles. The Morgan fingerprint density at radius 2 is 1.79 bits per heavy atom. The molecule has 0 fully saturated rings. The van der Waals surface area contributed by atoms with Crippen molar-refractivity contribution in [2.24, 2.45) is 11.8 Å². The van der Waals surface area contributed by atoms with Crippen molar-refractivity contribution in [3.05, 3.63) is 11.1 Å². The molecule has 0 radical (unpaired) electrons. The number of thiazole rings is 1. The number of carbonyl (C=O) groups excluding carboxylic acids is 1. The molecule has 0 aliphatic rings. The van der Waals surface area contributed by atoms with E-state index in [2.05, 4.69) is 32.7 Å². The molecule has 5 heteroatoms. The first-order valence-electron chi connectivity index (χ1n) is 6.90. The second-order valence-electron chi connectivity index (χ2n) is 5.73. The zero-order chi connectivity index (χ0) is 14.4. The summed E-state index contributed by atoms with van der Waals surface area (Å²) in [7, 11) is 0. The smallest absolute Gasteiger partial charge is 0.273 e. The van der Waals surface area contributed by atoms with Crippen LogP contribution in [0.15, 0.2) is 5.38 Å². The quantitative estimate of drug-likeness (QED) is 0.835. The average molecular weight is 283 g/mol. The molecule has 1 aromatic rings. The topological polar surface area (TPSA) is 59.2 Å². The molecule has 0 spiro atoms. The fraction of sp³-hybridized carbons (Fsp3) is 0.714. The Hall–Kier alpha value is -1.10. The largest absolute Gasteiger partial charge is 0.375 e. The average Bonchev–Trinajstić information content (AvgIpc) is 2.74. The fourth-order valence-corrected chi connectivity index (χ4v) is 2.23. The Morgan fingerprint density at radius 1 is 1.26 bits per heavy atom. The first kappa shape index (κ1) is 16.0. The van der Waals surface area contributed by atoms with Gasteiger partial charge in [-0.3, -0.25) is 4.79 Å². The minimum absolute atomic E-state index is 0.00856. The van der Waals surface area contributed by atoms with Crippen molar-refractivity contribution in [3.8, 4) is 0 Å². The van der Waals surface area contributed by atoms with Crippen molar-refractivity contribution in [1.82, 2.24) is 9.88 Å².